The number of amides is 2. The highest BCUT2D eigenvalue weighted by molar-refractivity contribution is 5.71. The molecule has 0 aliphatic heterocycles. The van der Waals surface area contributed by atoms with Crippen LogP contribution in [0.1, 0.15) is 0 Å². The molecule has 0 bridgehead atoms. The largest absolute Gasteiger partial charge is 0.350 e. The Hall–Kier alpha value is -1.39. The number of nitrogens with zero attached hydrogens (tertiary/aromatic N) is 2. The zero-order chi connectivity index (χ0) is 6.57. The van der Waals surface area contributed by atoms with E-state index < -0.39 is 6.03 Å². The van der Waals surface area contributed by atoms with Crippen molar-refractivity contribution in [1.29, 1.82) is 0 Å². The second-order valence-electron chi connectivity index (χ2n) is 0.874. The van der Waals surface area contributed by atoms with E-state index in [2.05, 4.69) is 16.7 Å². The van der Waals surface area contributed by atoms with Crippen molar-refractivity contribution in [3.05, 3.63) is 0 Å². The van der Waals surface area contributed by atoms with Crippen molar-refractivity contribution in [3.8, 4) is 0 Å². The predicted octanol–water partition coefficient (Wildman–Crippen LogP) is -1.51. The topological polar surface area (TPSA) is 102 Å². The molecule has 0 aromatic heterocycles. The molecule has 0 aliphatic carbocycles. The van der Waals surface area contributed by atoms with Crippen LogP contribution in [-0.4, -0.2) is 17.2 Å². The van der Waals surface area contributed by atoms with Gasteiger partial charge in [-0.1, -0.05) is 5.10 Å². The fourth-order valence-corrected chi connectivity index (χ4v) is 0.0933. The minimum absolute atomic E-state index is 0.188. The summed E-state index contributed by atoms with van der Waals surface area (Å²) in [7, 11) is 0. The van der Waals surface area contributed by atoms with Crippen molar-refractivity contribution < 1.29 is 9.59 Å². The van der Waals surface area contributed by atoms with Gasteiger partial charge in [0.2, 0.25) is 0 Å². The number of carbonyl (C=O) groups excluding carboxylic acids is 2. The fraction of sp³-hybridized carbons (Fsp3) is 0. The number of urea groups is 1. The number of primary amides is 1. The molecule has 0 aliphatic rings. The highest BCUT2D eigenvalue weighted by Crippen LogP contribution is 1.70. The summed E-state index contributed by atoms with van der Waals surface area (Å²) in [5, 5.41) is 2.84. The minimum atomic E-state index is -1.01. The number of isocyanates is 1. The van der Waals surface area contributed by atoms with Gasteiger partial charge in [0.05, 0.1) is 0 Å². The number of hydrazone groups is 1. The molecule has 0 atom stereocenters. The number of hydrogen-bond acceptors (Lipinski definition) is 4. The first-order valence-corrected chi connectivity index (χ1v) is 1.60. The zero-order valence-corrected chi connectivity index (χ0v) is 3.87. The van der Waals surface area contributed by atoms with Crippen LogP contribution in [0.15, 0.2) is 5.10 Å². The van der Waals surface area contributed by atoms with E-state index in [0.29, 0.717) is 0 Å². The molecule has 0 spiro atoms. The third-order valence-corrected chi connectivity index (χ3v) is 0.374. The van der Waals surface area contributed by atoms with Crippen LogP contribution >= 0.6 is 0 Å². The van der Waals surface area contributed by atoms with E-state index >= 15 is 0 Å². The van der Waals surface area contributed by atoms with Crippen LogP contribution in [-0.2, 0) is 4.79 Å². The number of carbonyl (C=O) groups is 1. The second-order valence-corrected chi connectivity index (χ2v) is 0.874. The zero-order valence-electron chi connectivity index (χ0n) is 3.87. The lowest BCUT2D eigenvalue weighted by Gasteiger charge is -1.99. The van der Waals surface area contributed by atoms with Gasteiger partial charge < -0.3 is 5.73 Å². The van der Waals surface area contributed by atoms with Crippen molar-refractivity contribution in [2.45, 2.75) is 0 Å². The first-order chi connectivity index (χ1) is 3.68. The molecular formula is C2H4N4O2. The standard InChI is InChI=1S/C2H4N4O2/c3-2(8)6(4)5-1-7/h4H2,(H2,3,8). The lowest BCUT2D eigenvalue weighted by molar-refractivity contribution is 0.211. The Balaban J connectivity index is 3.82. The second kappa shape index (κ2) is 2.73. The van der Waals surface area contributed by atoms with E-state index in [0.717, 1.165) is 6.08 Å². The van der Waals surface area contributed by atoms with Gasteiger partial charge in [0, 0.05) is 0 Å². The van der Waals surface area contributed by atoms with Gasteiger partial charge in [0.1, 0.15) is 0 Å². The summed E-state index contributed by atoms with van der Waals surface area (Å²) in [6, 6.07) is -1.01. The van der Waals surface area contributed by atoms with Gasteiger partial charge >= 0.3 is 6.03 Å². The summed E-state index contributed by atoms with van der Waals surface area (Å²) in [6.07, 6.45) is 1.02. The Morgan fingerprint density at radius 1 is 1.75 bits per heavy atom. The van der Waals surface area contributed by atoms with Gasteiger partial charge in [-0.15, -0.1) is 5.12 Å². The number of nitrogens with two attached hydrogens (primary N) is 2. The Labute approximate surface area is 44.7 Å². The summed E-state index contributed by atoms with van der Waals surface area (Å²) in [5.41, 5.74) is 4.51. The smallest absolute Gasteiger partial charge is 0.349 e. The fourth-order valence-electron chi connectivity index (χ4n) is 0.0933. The average molecular weight is 116 g/mol. The summed E-state index contributed by atoms with van der Waals surface area (Å²) in [5.74, 6) is 4.66. The van der Waals surface area contributed by atoms with E-state index in [1.807, 2.05) is 0 Å². The SMILES string of the molecule is NC(=O)N(N)N=C=O. The number of rotatable bonds is 1. The molecule has 0 unspecified atom stereocenters. The highest BCUT2D eigenvalue weighted by Gasteiger charge is 1.97. The Bertz CT molecular complexity index is 135. The van der Waals surface area contributed by atoms with Crippen LogP contribution in [0.5, 0.6) is 0 Å². The van der Waals surface area contributed by atoms with Gasteiger partial charge in [0.15, 0.2) is 0 Å². The molecule has 0 radical (unpaired) electrons. The Kier molecular flexibility index (Phi) is 2.25. The molecule has 6 nitrogen and oxygen atoms in total. The van der Waals surface area contributed by atoms with Gasteiger partial charge in [-0.3, -0.25) is 0 Å². The maximum absolute atomic E-state index is 9.84. The van der Waals surface area contributed by atoms with Crippen LogP contribution in [0.2, 0.25) is 0 Å². The Morgan fingerprint density at radius 3 is 2.38 bits per heavy atom. The van der Waals surface area contributed by atoms with Crippen LogP contribution in [0, 0.1) is 0 Å². The van der Waals surface area contributed by atoms with Gasteiger partial charge in [-0.05, 0) is 0 Å². The van der Waals surface area contributed by atoms with Crippen LogP contribution in [0.4, 0.5) is 4.79 Å². The van der Waals surface area contributed by atoms with Crippen LogP contribution in [0.25, 0.3) is 0 Å². The molecule has 0 heterocycles. The third-order valence-electron chi connectivity index (χ3n) is 0.374. The molecule has 4 N–H and O–H groups in total. The molecule has 0 aromatic carbocycles. The molecule has 0 fully saturated rings. The molecule has 0 saturated heterocycles. The minimum Gasteiger partial charge on any atom is -0.349 e. The highest BCUT2D eigenvalue weighted by atomic mass is 16.2. The van der Waals surface area contributed by atoms with E-state index in [1.54, 1.807) is 0 Å². The van der Waals surface area contributed by atoms with Crippen molar-refractivity contribution in [3.63, 3.8) is 0 Å². The first-order valence-electron chi connectivity index (χ1n) is 1.60. The molecular weight excluding hydrogens is 112 g/mol. The van der Waals surface area contributed by atoms with E-state index in [1.165, 1.54) is 0 Å². The monoisotopic (exact) mass is 116 g/mol. The first kappa shape index (κ1) is 6.61. The molecule has 0 saturated carbocycles. The maximum atomic E-state index is 9.84. The van der Waals surface area contributed by atoms with Crippen LogP contribution in [0.3, 0.4) is 0 Å². The van der Waals surface area contributed by atoms with Crippen molar-refractivity contribution in [2.24, 2.45) is 16.7 Å². The Morgan fingerprint density at radius 2 is 2.25 bits per heavy atom. The maximum Gasteiger partial charge on any atom is 0.350 e. The summed E-state index contributed by atoms with van der Waals surface area (Å²) in [4.78, 5) is 19.1. The van der Waals surface area contributed by atoms with Crippen molar-refractivity contribution in [2.75, 3.05) is 0 Å². The molecule has 0 aromatic rings. The summed E-state index contributed by atoms with van der Waals surface area (Å²) in [6.45, 7) is 0. The lowest BCUT2D eigenvalue weighted by Crippen LogP contribution is -2.36. The van der Waals surface area contributed by atoms with E-state index in [-0.39, 0.29) is 5.12 Å². The van der Waals surface area contributed by atoms with E-state index in [9.17, 15) is 9.59 Å². The molecule has 44 valence electrons. The normalized spacial score (nSPS) is 7.12. The summed E-state index contributed by atoms with van der Waals surface area (Å²) < 4.78 is 0. The van der Waals surface area contributed by atoms with Crippen molar-refractivity contribution in [1.82, 2.24) is 5.12 Å². The van der Waals surface area contributed by atoms with Gasteiger partial charge in [-0.2, -0.15) is 0 Å². The van der Waals surface area contributed by atoms with Crippen molar-refractivity contribution >= 4 is 12.1 Å². The molecule has 6 heteroatoms. The molecule has 8 heavy (non-hydrogen) atoms. The quantitative estimate of drug-likeness (QED) is 0.143. The molecule has 0 rings (SSSR count). The molecule has 2 amide bonds. The number of hydrogen-bond donors (Lipinski definition) is 2. The lowest BCUT2D eigenvalue weighted by atomic mass is 11.1. The third kappa shape index (κ3) is 1.91. The average Bonchev–Trinajstić information content (AvgIpc) is 1.67. The predicted molar refractivity (Wildman–Crippen MR) is 23.7 cm³/mol. The van der Waals surface area contributed by atoms with E-state index in [4.69, 9.17) is 0 Å². The van der Waals surface area contributed by atoms with Gasteiger partial charge in [0.25, 0.3) is 6.08 Å². The van der Waals surface area contributed by atoms with Gasteiger partial charge in [-0.25, -0.2) is 15.4 Å². The number of hydrazine groups is 1. The van der Waals surface area contributed by atoms with Crippen LogP contribution < -0.4 is 11.6 Å². The summed E-state index contributed by atoms with van der Waals surface area (Å²) >= 11 is 0.